The lowest BCUT2D eigenvalue weighted by molar-refractivity contribution is 0.188. The van der Waals surface area contributed by atoms with Crippen LogP contribution < -0.4 is 0 Å². The maximum Gasteiger partial charge on any atom is 0.0662 e. The predicted octanol–water partition coefficient (Wildman–Crippen LogP) is 3.76. The van der Waals surface area contributed by atoms with Crippen LogP contribution in [-0.4, -0.2) is 16.5 Å². The van der Waals surface area contributed by atoms with Crippen molar-refractivity contribution >= 4 is 27.7 Å². The molecule has 0 aliphatic heterocycles. The molecule has 0 spiro atoms. The topological polar surface area (TPSA) is 20.2 Å². The van der Waals surface area contributed by atoms with Crippen molar-refractivity contribution in [2.75, 3.05) is 0 Å². The van der Waals surface area contributed by atoms with E-state index in [0.29, 0.717) is 5.25 Å². The van der Waals surface area contributed by atoms with E-state index in [1.165, 1.54) is 10.5 Å². The highest BCUT2D eigenvalue weighted by molar-refractivity contribution is 9.10. The van der Waals surface area contributed by atoms with E-state index in [0.717, 1.165) is 23.7 Å². The number of hydrogen-bond acceptors (Lipinski definition) is 2. The second-order valence-corrected chi connectivity index (χ2v) is 6.22. The van der Waals surface area contributed by atoms with E-state index in [1.807, 2.05) is 0 Å². The first-order valence-electron chi connectivity index (χ1n) is 5.27. The summed E-state index contributed by atoms with van der Waals surface area (Å²) in [5.74, 6) is 0. The second-order valence-electron chi connectivity index (χ2n) is 4.09. The fraction of sp³-hybridized carbons (Fsp3) is 0.500. The zero-order chi connectivity index (χ0) is 10.8. The molecule has 1 aromatic carbocycles. The summed E-state index contributed by atoms with van der Waals surface area (Å²) < 4.78 is 1.15. The Kier molecular flexibility index (Phi) is 3.75. The van der Waals surface area contributed by atoms with Crippen molar-refractivity contribution in [1.29, 1.82) is 0 Å². The van der Waals surface area contributed by atoms with Crippen LogP contribution in [0.4, 0.5) is 0 Å². The number of thioether (sulfide) groups is 1. The minimum absolute atomic E-state index is 0.122. The molecular formula is C12H15BrOS. The molecule has 2 unspecified atom stereocenters. The lowest BCUT2D eigenvalue weighted by Gasteiger charge is -2.14. The van der Waals surface area contributed by atoms with Gasteiger partial charge in [-0.25, -0.2) is 0 Å². The molecule has 1 aliphatic rings. The van der Waals surface area contributed by atoms with Crippen molar-refractivity contribution in [2.24, 2.45) is 0 Å². The molecule has 2 atom stereocenters. The van der Waals surface area contributed by atoms with Crippen molar-refractivity contribution in [3.8, 4) is 0 Å². The Balaban J connectivity index is 2.10. The van der Waals surface area contributed by atoms with Crippen LogP contribution in [0.2, 0.25) is 0 Å². The van der Waals surface area contributed by atoms with Gasteiger partial charge in [0.2, 0.25) is 0 Å². The summed E-state index contributed by atoms with van der Waals surface area (Å²) in [7, 11) is 0. The molecule has 1 N–H and O–H groups in total. The Labute approximate surface area is 103 Å². The SMILES string of the molecule is Cc1ccc(SC2CCCC2O)c(Br)c1. The zero-order valence-corrected chi connectivity index (χ0v) is 11.1. The highest BCUT2D eigenvalue weighted by Gasteiger charge is 2.26. The molecular weight excluding hydrogens is 272 g/mol. The number of rotatable bonds is 2. The highest BCUT2D eigenvalue weighted by Crippen LogP contribution is 2.38. The normalized spacial score (nSPS) is 25.8. The summed E-state index contributed by atoms with van der Waals surface area (Å²) in [5, 5.41) is 10.1. The van der Waals surface area contributed by atoms with Gasteiger partial charge < -0.3 is 5.11 Å². The standard InChI is InChI=1S/C12H15BrOS/c1-8-5-6-11(9(13)7-8)15-12-4-2-3-10(12)14/h5-7,10,12,14H,2-4H2,1H3. The number of aliphatic hydroxyl groups is 1. The molecule has 0 amide bonds. The Morgan fingerprint density at radius 2 is 2.20 bits per heavy atom. The lowest BCUT2D eigenvalue weighted by Crippen LogP contribution is -2.14. The molecule has 0 radical (unpaired) electrons. The minimum atomic E-state index is -0.122. The van der Waals surface area contributed by atoms with E-state index >= 15 is 0 Å². The van der Waals surface area contributed by atoms with Gasteiger partial charge in [-0.15, -0.1) is 11.8 Å². The fourth-order valence-corrected chi connectivity index (χ4v) is 3.90. The van der Waals surface area contributed by atoms with Gasteiger partial charge in [0.15, 0.2) is 0 Å². The van der Waals surface area contributed by atoms with Gasteiger partial charge in [-0.2, -0.15) is 0 Å². The molecule has 1 aliphatic carbocycles. The van der Waals surface area contributed by atoms with E-state index < -0.39 is 0 Å². The van der Waals surface area contributed by atoms with Crippen LogP contribution >= 0.6 is 27.7 Å². The Morgan fingerprint density at radius 3 is 2.80 bits per heavy atom. The smallest absolute Gasteiger partial charge is 0.0662 e. The van der Waals surface area contributed by atoms with E-state index in [9.17, 15) is 5.11 Å². The monoisotopic (exact) mass is 286 g/mol. The van der Waals surface area contributed by atoms with Gasteiger partial charge in [0.1, 0.15) is 0 Å². The summed E-state index contributed by atoms with van der Waals surface area (Å²) >= 11 is 5.37. The molecule has 0 aromatic heterocycles. The quantitative estimate of drug-likeness (QED) is 0.893. The summed E-state index contributed by atoms with van der Waals surface area (Å²) in [4.78, 5) is 1.24. The number of aryl methyl sites for hydroxylation is 1. The molecule has 1 fully saturated rings. The van der Waals surface area contributed by atoms with Crippen LogP contribution in [0.15, 0.2) is 27.6 Å². The van der Waals surface area contributed by atoms with E-state index in [4.69, 9.17) is 0 Å². The summed E-state index contributed by atoms with van der Waals surface area (Å²) in [6.07, 6.45) is 3.12. The van der Waals surface area contributed by atoms with Crippen molar-refractivity contribution in [2.45, 2.75) is 42.4 Å². The van der Waals surface area contributed by atoms with E-state index in [-0.39, 0.29) is 6.10 Å². The molecule has 0 bridgehead atoms. The third-order valence-corrected chi connectivity index (χ3v) is 5.16. The molecule has 1 saturated carbocycles. The molecule has 15 heavy (non-hydrogen) atoms. The average molecular weight is 287 g/mol. The molecule has 0 saturated heterocycles. The number of hydrogen-bond donors (Lipinski definition) is 1. The number of aliphatic hydroxyl groups excluding tert-OH is 1. The van der Waals surface area contributed by atoms with Gasteiger partial charge in [0.25, 0.3) is 0 Å². The van der Waals surface area contributed by atoms with Gasteiger partial charge >= 0.3 is 0 Å². The zero-order valence-electron chi connectivity index (χ0n) is 8.74. The molecule has 2 rings (SSSR count). The summed E-state index contributed by atoms with van der Waals surface area (Å²) in [6, 6.07) is 6.38. The van der Waals surface area contributed by atoms with Crippen LogP contribution in [0, 0.1) is 6.92 Å². The first-order chi connectivity index (χ1) is 7.16. The number of halogens is 1. The van der Waals surface area contributed by atoms with Crippen LogP contribution in [0.1, 0.15) is 24.8 Å². The first-order valence-corrected chi connectivity index (χ1v) is 6.95. The molecule has 1 nitrogen and oxygen atoms in total. The van der Waals surface area contributed by atoms with Crippen molar-refractivity contribution in [3.63, 3.8) is 0 Å². The molecule has 82 valence electrons. The van der Waals surface area contributed by atoms with Crippen molar-refractivity contribution < 1.29 is 5.11 Å². The van der Waals surface area contributed by atoms with Gasteiger partial charge in [0.05, 0.1) is 6.10 Å². The van der Waals surface area contributed by atoms with Gasteiger partial charge in [-0.05, 0) is 59.8 Å². The van der Waals surface area contributed by atoms with Gasteiger partial charge in [-0.1, -0.05) is 6.07 Å². The Hall–Kier alpha value is 0.01000. The van der Waals surface area contributed by atoms with E-state index in [1.54, 1.807) is 11.8 Å². The average Bonchev–Trinajstić information content (AvgIpc) is 2.57. The third-order valence-electron chi connectivity index (χ3n) is 2.78. The van der Waals surface area contributed by atoms with Crippen LogP contribution in [0.3, 0.4) is 0 Å². The van der Waals surface area contributed by atoms with Crippen LogP contribution in [0.25, 0.3) is 0 Å². The molecule has 0 heterocycles. The summed E-state index contributed by atoms with van der Waals surface area (Å²) in [6.45, 7) is 2.09. The maximum absolute atomic E-state index is 9.76. The minimum Gasteiger partial charge on any atom is -0.392 e. The van der Waals surface area contributed by atoms with Gasteiger partial charge in [0, 0.05) is 14.6 Å². The third kappa shape index (κ3) is 2.77. The van der Waals surface area contributed by atoms with Gasteiger partial charge in [-0.3, -0.25) is 0 Å². The van der Waals surface area contributed by atoms with Crippen LogP contribution in [-0.2, 0) is 0 Å². The van der Waals surface area contributed by atoms with Crippen molar-refractivity contribution in [3.05, 3.63) is 28.2 Å². The second kappa shape index (κ2) is 4.89. The Bertz CT molecular complexity index is 353. The van der Waals surface area contributed by atoms with Crippen LogP contribution in [0.5, 0.6) is 0 Å². The van der Waals surface area contributed by atoms with Crippen molar-refractivity contribution in [1.82, 2.24) is 0 Å². The summed E-state index contributed by atoms with van der Waals surface area (Å²) in [5.41, 5.74) is 1.26. The Morgan fingerprint density at radius 1 is 1.40 bits per heavy atom. The predicted molar refractivity (Wildman–Crippen MR) is 68.4 cm³/mol. The maximum atomic E-state index is 9.76. The molecule has 1 aromatic rings. The lowest BCUT2D eigenvalue weighted by atomic mass is 10.2. The fourth-order valence-electron chi connectivity index (χ4n) is 1.91. The largest absolute Gasteiger partial charge is 0.392 e. The highest BCUT2D eigenvalue weighted by atomic mass is 79.9. The molecule has 3 heteroatoms. The first kappa shape index (κ1) is 11.5. The number of benzene rings is 1. The van der Waals surface area contributed by atoms with E-state index in [2.05, 4.69) is 41.1 Å².